The molecule has 154 valence electrons. The molecular formula is C24H23Cl2N3O. The minimum atomic E-state index is -0.0147. The van der Waals surface area contributed by atoms with E-state index >= 15 is 0 Å². The summed E-state index contributed by atoms with van der Waals surface area (Å²) in [4.78, 5) is 21.6. The van der Waals surface area contributed by atoms with Gasteiger partial charge in [0.25, 0.3) is 0 Å². The molecule has 0 atom stereocenters. The van der Waals surface area contributed by atoms with Crippen LogP contribution in [0.5, 0.6) is 0 Å². The molecule has 1 aromatic heterocycles. The van der Waals surface area contributed by atoms with Gasteiger partial charge in [0.2, 0.25) is 5.91 Å². The van der Waals surface area contributed by atoms with Crippen LogP contribution < -0.4 is 4.90 Å². The molecule has 0 spiro atoms. The molecule has 0 N–H and O–H groups in total. The largest absolute Gasteiger partial charge is 0.353 e. The zero-order valence-electron chi connectivity index (χ0n) is 17.0. The van der Waals surface area contributed by atoms with E-state index in [-0.39, 0.29) is 5.91 Å². The molecule has 3 aromatic rings. The minimum absolute atomic E-state index is 0.0147. The summed E-state index contributed by atoms with van der Waals surface area (Å²) in [6.07, 6.45) is 3.32. The Morgan fingerprint density at radius 1 is 1.00 bits per heavy atom. The lowest BCUT2D eigenvalue weighted by atomic mass is 10.1. The summed E-state index contributed by atoms with van der Waals surface area (Å²) < 4.78 is 0. The lowest BCUT2D eigenvalue weighted by Gasteiger charge is -2.35. The number of halogens is 2. The van der Waals surface area contributed by atoms with Crippen LogP contribution in [-0.4, -0.2) is 42.0 Å². The molecule has 1 fully saturated rings. The van der Waals surface area contributed by atoms with E-state index < -0.39 is 0 Å². The van der Waals surface area contributed by atoms with Crippen molar-refractivity contribution in [2.75, 3.05) is 31.1 Å². The first-order valence-corrected chi connectivity index (χ1v) is 10.7. The smallest absolute Gasteiger partial charge is 0.246 e. The predicted molar refractivity (Wildman–Crippen MR) is 126 cm³/mol. The molecule has 0 saturated carbocycles. The van der Waals surface area contributed by atoms with Gasteiger partial charge in [0.1, 0.15) is 5.82 Å². The van der Waals surface area contributed by atoms with Crippen molar-refractivity contribution in [2.45, 2.75) is 13.8 Å². The van der Waals surface area contributed by atoms with Crippen molar-refractivity contribution in [3.8, 4) is 0 Å². The van der Waals surface area contributed by atoms with E-state index in [1.165, 1.54) is 16.5 Å². The van der Waals surface area contributed by atoms with E-state index in [1.807, 2.05) is 11.0 Å². The van der Waals surface area contributed by atoms with E-state index in [0.717, 1.165) is 30.0 Å². The number of fused-ring (bicyclic) bond motifs is 1. The fourth-order valence-corrected chi connectivity index (χ4v) is 4.24. The molecule has 1 amide bonds. The number of rotatable bonds is 3. The Balaban J connectivity index is 1.43. The van der Waals surface area contributed by atoms with Crippen LogP contribution in [0.3, 0.4) is 0 Å². The van der Waals surface area contributed by atoms with Crippen molar-refractivity contribution >= 4 is 51.9 Å². The topological polar surface area (TPSA) is 36.4 Å². The highest BCUT2D eigenvalue weighted by Crippen LogP contribution is 2.26. The molecule has 2 aromatic carbocycles. The number of carbonyl (C=O) groups is 1. The number of piperazine rings is 1. The van der Waals surface area contributed by atoms with Crippen LogP contribution in [-0.2, 0) is 4.79 Å². The van der Waals surface area contributed by atoms with Gasteiger partial charge >= 0.3 is 0 Å². The number of anilines is 1. The quantitative estimate of drug-likeness (QED) is 0.504. The molecule has 1 aliphatic heterocycles. The number of aromatic nitrogens is 1. The van der Waals surface area contributed by atoms with Crippen molar-refractivity contribution in [3.05, 3.63) is 75.3 Å². The molecule has 0 radical (unpaired) electrons. The number of amides is 1. The number of pyridine rings is 1. The van der Waals surface area contributed by atoms with E-state index in [1.54, 1.807) is 24.3 Å². The monoisotopic (exact) mass is 439 g/mol. The van der Waals surface area contributed by atoms with Crippen molar-refractivity contribution in [1.82, 2.24) is 9.88 Å². The van der Waals surface area contributed by atoms with E-state index in [4.69, 9.17) is 28.2 Å². The highest BCUT2D eigenvalue weighted by atomic mass is 35.5. The number of aryl methyl sites for hydroxylation is 2. The Morgan fingerprint density at radius 2 is 1.77 bits per heavy atom. The Kier molecular flexibility index (Phi) is 5.98. The van der Waals surface area contributed by atoms with Crippen molar-refractivity contribution in [1.29, 1.82) is 0 Å². The van der Waals surface area contributed by atoms with Gasteiger partial charge in [0, 0.05) is 47.7 Å². The van der Waals surface area contributed by atoms with Crippen LogP contribution in [0.25, 0.3) is 17.0 Å². The first kappa shape index (κ1) is 20.7. The first-order chi connectivity index (χ1) is 14.4. The van der Waals surface area contributed by atoms with Crippen LogP contribution in [0.15, 0.2) is 48.5 Å². The second-order valence-electron chi connectivity index (χ2n) is 7.58. The number of carbonyl (C=O) groups excluding carboxylic acids is 1. The molecular weight excluding hydrogens is 417 g/mol. The second-order valence-corrected chi connectivity index (χ2v) is 8.42. The van der Waals surface area contributed by atoms with Crippen molar-refractivity contribution < 1.29 is 4.79 Å². The van der Waals surface area contributed by atoms with Gasteiger partial charge in [-0.2, -0.15) is 0 Å². The summed E-state index contributed by atoms with van der Waals surface area (Å²) in [7, 11) is 0. The highest BCUT2D eigenvalue weighted by Gasteiger charge is 2.21. The molecule has 1 saturated heterocycles. The SMILES string of the molecule is Cc1cc(N2CCN(C(=O)/C=C/c3ccc(Cl)cc3Cl)CC2)nc2c(C)cccc12. The summed E-state index contributed by atoms with van der Waals surface area (Å²) in [6.45, 7) is 7.04. The van der Waals surface area contributed by atoms with Gasteiger partial charge in [0.15, 0.2) is 0 Å². The van der Waals surface area contributed by atoms with Gasteiger partial charge in [-0.15, -0.1) is 0 Å². The Hall–Kier alpha value is -2.56. The fraction of sp³-hybridized carbons (Fsp3) is 0.250. The maximum Gasteiger partial charge on any atom is 0.246 e. The van der Waals surface area contributed by atoms with Crippen molar-refractivity contribution in [3.63, 3.8) is 0 Å². The summed E-state index contributed by atoms with van der Waals surface area (Å²) in [5.74, 6) is 0.962. The van der Waals surface area contributed by atoms with Crippen LogP contribution in [0.2, 0.25) is 10.0 Å². The van der Waals surface area contributed by atoms with E-state index in [0.29, 0.717) is 23.1 Å². The molecule has 6 heteroatoms. The number of hydrogen-bond donors (Lipinski definition) is 0. The third kappa shape index (κ3) is 4.30. The number of benzene rings is 2. The highest BCUT2D eigenvalue weighted by molar-refractivity contribution is 6.35. The average molecular weight is 440 g/mol. The molecule has 0 unspecified atom stereocenters. The minimum Gasteiger partial charge on any atom is -0.353 e. The fourth-order valence-electron chi connectivity index (χ4n) is 3.76. The second kappa shape index (κ2) is 8.66. The lowest BCUT2D eigenvalue weighted by Crippen LogP contribution is -2.48. The zero-order valence-corrected chi connectivity index (χ0v) is 18.5. The van der Waals surface area contributed by atoms with Crippen LogP contribution in [0.4, 0.5) is 5.82 Å². The maximum absolute atomic E-state index is 12.6. The van der Waals surface area contributed by atoms with Crippen LogP contribution in [0, 0.1) is 13.8 Å². The summed E-state index contributed by atoms with van der Waals surface area (Å²) in [5, 5.41) is 2.30. The van der Waals surface area contributed by atoms with E-state index in [9.17, 15) is 4.79 Å². The summed E-state index contributed by atoms with van der Waals surface area (Å²) in [6, 6.07) is 13.7. The predicted octanol–water partition coefficient (Wildman–Crippen LogP) is 5.52. The summed E-state index contributed by atoms with van der Waals surface area (Å²) >= 11 is 12.1. The number of para-hydroxylation sites is 1. The van der Waals surface area contributed by atoms with E-state index in [2.05, 4.69) is 43.0 Å². The first-order valence-electron chi connectivity index (χ1n) is 9.96. The Morgan fingerprint density at radius 3 is 2.50 bits per heavy atom. The Labute approximate surface area is 186 Å². The van der Waals surface area contributed by atoms with Gasteiger partial charge in [-0.1, -0.05) is 47.5 Å². The number of nitrogens with zero attached hydrogens (tertiary/aromatic N) is 3. The third-order valence-electron chi connectivity index (χ3n) is 5.52. The number of hydrogen-bond acceptors (Lipinski definition) is 3. The molecule has 0 aliphatic carbocycles. The van der Waals surface area contributed by atoms with Gasteiger partial charge < -0.3 is 9.80 Å². The van der Waals surface area contributed by atoms with Crippen molar-refractivity contribution in [2.24, 2.45) is 0 Å². The molecule has 1 aliphatic rings. The molecule has 4 nitrogen and oxygen atoms in total. The van der Waals surface area contributed by atoms with Crippen LogP contribution in [0.1, 0.15) is 16.7 Å². The zero-order chi connectivity index (χ0) is 21.3. The Bertz CT molecular complexity index is 1130. The standard InChI is InChI=1S/C24H23Cl2N3O/c1-16-4-3-5-20-17(2)14-22(27-24(16)20)28-10-12-29(13-11-28)23(30)9-7-18-6-8-19(25)15-21(18)26/h3-9,14-15H,10-13H2,1-2H3/b9-7+. The van der Waals surface area contributed by atoms with Gasteiger partial charge in [-0.3, -0.25) is 4.79 Å². The molecule has 2 heterocycles. The molecule has 0 bridgehead atoms. The summed E-state index contributed by atoms with van der Waals surface area (Å²) in [5.41, 5.74) is 4.23. The third-order valence-corrected chi connectivity index (χ3v) is 6.08. The molecule has 4 rings (SSSR count). The normalized spacial score (nSPS) is 14.7. The maximum atomic E-state index is 12.6. The molecule has 30 heavy (non-hydrogen) atoms. The van der Waals surface area contributed by atoms with Gasteiger partial charge in [-0.05, 0) is 54.8 Å². The van der Waals surface area contributed by atoms with Gasteiger partial charge in [0.05, 0.1) is 5.52 Å². The van der Waals surface area contributed by atoms with Crippen LogP contribution >= 0.6 is 23.2 Å². The van der Waals surface area contributed by atoms with Gasteiger partial charge in [-0.25, -0.2) is 4.98 Å². The average Bonchev–Trinajstić information content (AvgIpc) is 2.74. The lowest BCUT2D eigenvalue weighted by molar-refractivity contribution is -0.126.